The van der Waals surface area contributed by atoms with Gasteiger partial charge in [-0.15, -0.1) is 0 Å². The quantitative estimate of drug-likeness (QED) is 0.136. The molecule has 290 valence electrons. The van der Waals surface area contributed by atoms with Crippen LogP contribution in [0.5, 0.6) is 0 Å². The molecule has 0 radical (unpaired) electrons. The third-order valence-corrected chi connectivity index (χ3v) is 14.8. The number of fused-ring (bicyclic) bond motifs is 5. The molecular weight excluding hydrogens is 764 g/mol. The fourth-order valence-corrected chi connectivity index (χ4v) is 11.9. The van der Waals surface area contributed by atoms with E-state index in [1.807, 2.05) is 54.6 Å². The summed E-state index contributed by atoms with van der Waals surface area (Å²) in [6.07, 6.45) is 0. The third-order valence-electron chi connectivity index (χ3n) is 11.7. The van der Waals surface area contributed by atoms with Crippen molar-refractivity contribution in [1.29, 1.82) is 0 Å². The first-order valence-electron chi connectivity index (χ1n) is 20.5. The number of rotatable bonds is 9. The summed E-state index contributed by atoms with van der Waals surface area (Å²) in [5, 5.41) is 3.28. The lowest BCUT2D eigenvalue weighted by molar-refractivity contribution is 0.593. The number of para-hydroxylation sites is 4. The number of anilines is 6. The monoisotopic (exact) mass is 802 g/mol. The van der Waals surface area contributed by atoms with Gasteiger partial charge in [-0.25, -0.2) is 0 Å². The zero-order valence-electron chi connectivity index (χ0n) is 33.2. The molecule has 2 heterocycles. The van der Waals surface area contributed by atoms with Gasteiger partial charge in [-0.1, -0.05) is 140 Å². The highest BCUT2D eigenvalue weighted by molar-refractivity contribution is 7.86. The molecule has 0 aliphatic carbocycles. The summed E-state index contributed by atoms with van der Waals surface area (Å²) >= 11 is 0. The van der Waals surface area contributed by atoms with E-state index in [0.717, 1.165) is 88.8 Å². The molecule has 61 heavy (non-hydrogen) atoms. The molecule has 0 spiro atoms. The third kappa shape index (κ3) is 6.37. The number of hydrogen-bond acceptors (Lipinski definition) is 4. The number of hydrogen-bond donors (Lipinski definition) is 0. The van der Waals surface area contributed by atoms with Crippen molar-refractivity contribution in [3.05, 3.63) is 237 Å². The Morgan fingerprint density at radius 2 is 0.738 bits per heavy atom. The molecule has 1 aliphatic heterocycles. The maximum atomic E-state index is 15.8. The molecule has 1 atom stereocenters. The summed E-state index contributed by atoms with van der Waals surface area (Å²) < 4.78 is 22.6. The van der Waals surface area contributed by atoms with Gasteiger partial charge in [0.25, 0.3) is 0 Å². The number of benzene rings is 9. The van der Waals surface area contributed by atoms with Crippen molar-refractivity contribution in [2.75, 3.05) is 9.80 Å². The summed E-state index contributed by atoms with van der Waals surface area (Å²) in [5.74, 6) is 0.684. The topological polar surface area (TPSA) is 36.7 Å². The second-order valence-corrected chi connectivity index (χ2v) is 17.9. The van der Waals surface area contributed by atoms with Gasteiger partial charge >= 0.3 is 0 Å². The molecule has 9 aromatic carbocycles. The molecule has 0 bridgehead atoms. The van der Waals surface area contributed by atoms with Crippen LogP contribution < -0.4 is 25.7 Å². The Labute approximate surface area is 355 Å². The van der Waals surface area contributed by atoms with Gasteiger partial charge in [0.2, 0.25) is 0 Å². The van der Waals surface area contributed by atoms with E-state index < -0.39 is 7.14 Å². The average Bonchev–Trinajstić information content (AvgIpc) is 3.84. The van der Waals surface area contributed by atoms with Crippen molar-refractivity contribution in [3.63, 3.8) is 0 Å². The van der Waals surface area contributed by atoms with Crippen molar-refractivity contribution in [3.8, 4) is 33.6 Å². The van der Waals surface area contributed by atoms with Crippen molar-refractivity contribution in [2.45, 2.75) is 0 Å². The smallest absolute Gasteiger partial charge is 0.176 e. The van der Waals surface area contributed by atoms with E-state index in [1.165, 1.54) is 0 Å². The van der Waals surface area contributed by atoms with E-state index in [1.54, 1.807) is 0 Å². The SMILES string of the molecule is O=P1(c2ccccc2)c2ccc(-c3ccc(N(c4ccccc4)c4ccccc4)cc3)cc2-c2oc3cc(-c4ccc(N(c5ccccc5)c5ccccc5)cc4)ccc3c21. The average molecular weight is 803 g/mol. The second-order valence-electron chi connectivity index (χ2n) is 15.3. The van der Waals surface area contributed by atoms with Gasteiger partial charge in [0.05, 0.1) is 5.30 Å². The van der Waals surface area contributed by atoms with Crippen LogP contribution in [0.15, 0.2) is 241 Å². The van der Waals surface area contributed by atoms with Crippen LogP contribution in [0.3, 0.4) is 0 Å². The molecule has 0 fully saturated rings. The lowest BCUT2D eigenvalue weighted by atomic mass is 10.0. The highest BCUT2D eigenvalue weighted by Crippen LogP contribution is 2.56. The first kappa shape index (κ1) is 36.4. The Morgan fingerprint density at radius 1 is 0.361 bits per heavy atom. The number of furan rings is 1. The Bertz CT molecular complexity index is 3110. The predicted molar refractivity (Wildman–Crippen MR) is 255 cm³/mol. The van der Waals surface area contributed by atoms with Crippen LogP contribution in [0.1, 0.15) is 0 Å². The molecule has 1 unspecified atom stereocenters. The van der Waals surface area contributed by atoms with Gasteiger partial charge in [0, 0.05) is 55.7 Å². The normalized spacial score (nSPS) is 14.0. The predicted octanol–water partition coefficient (Wildman–Crippen LogP) is 14.3. The molecule has 1 aliphatic rings. The Morgan fingerprint density at radius 3 is 1.20 bits per heavy atom. The van der Waals surface area contributed by atoms with Gasteiger partial charge in [0.1, 0.15) is 11.3 Å². The molecule has 4 nitrogen and oxygen atoms in total. The summed E-state index contributed by atoms with van der Waals surface area (Å²) in [6.45, 7) is 0. The maximum Gasteiger partial charge on any atom is 0.176 e. The van der Waals surface area contributed by atoms with Crippen LogP contribution in [0.4, 0.5) is 34.1 Å². The van der Waals surface area contributed by atoms with E-state index in [2.05, 4.69) is 192 Å². The van der Waals surface area contributed by atoms with Gasteiger partial charge in [0.15, 0.2) is 7.14 Å². The minimum atomic E-state index is -3.27. The largest absolute Gasteiger partial charge is 0.455 e. The van der Waals surface area contributed by atoms with Crippen LogP contribution in [-0.4, -0.2) is 0 Å². The summed E-state index contributed by atoms with van der Waals surface area (Å²) in [6, 6.07) is 81.5. The Hall–Kier alpha value is -7.65. The zero-order chi connectivity index (χ0) is 40.8. The molecule has 11 rings (SSSR count). The van der Waals surface area contributed by atoms with E-state index in [4.69, 9.17) is 4.42 Å². The molecular formula is C56H39N2O2P. The molecule has 1 aromatic heterocycles. The van der Waals surface area contributed by atoms with Crippen LogP contribution in [0.25, 0.3) is 44.5 Å². The van der Waals surface area contributed by atoms with Crippen LogP contribution in [-0.2, 0) is 4.57 Å². The van der Waals surface area contributed by atoms with E-state index in [9.17, 15) is 0 Å². The molecule has 0 saturated heterocycles. The molecule has 0 N–H and O–H groups in total. The Kier molecular flexibility index (Phi) is 9.07. The van der Waals surface area contributed by atoms with E-state index >= 15 is 4.57 Å². The minimum Gasteiger partial charge on any atom is -0.455 e. The van der Waals surface area contributed by atoms with Crippen molar-refractivity contribution < 1.29 is 8.98 Å². The summed E-state index contributed by atoms with van der Waals surface area (Å²) in [4.78, 5) is 4.52. The lowest BCUT2D eigenvalue weighted by Crippen LogP contribution is -2.20. The Balaban J connectivity index is 0.973. The first-order valence-corrected chi connectivity index (χ1v) is 22.2. The molecule has 0 amide bonds. The van der Waals surface area contributed by atoms with Crippen LogP contribution >= 0.6 is 7.14 Å². The maximum absolute atomic E-state index is 15.8. The lowest BCUT2D eigenvalue weighted by Gasteiger charge is -2.25. The van der Waals surface area contributed by atoms with Crippen molar-refractivity contribution >= 4 is 68.1 Å². The van der Waals surface area contributed by atoms with E-state index in [-0.39, 0.29) is 0 Å². The summed E-state index contributed by atoms with van der Waals surface area (Å²) in [7, 11) is -3.27. The van der Waals surface area contributed by atoms with Gasteiger partial charge < -0.3 is 18.8 Å². The van der Waals surface area contributed by atoms with Gasteiger partial charge in [-0.3, -0.25) is 0 Å². The standard InChI is InChI=1S/C56H39N2O2P/c59-61(50-24-14-5-15-25-50)54-37-31-42(40-26-32-48(33-27-40)57(44-16-6-1-7-17-44)45-18-8-2-9-19-45)38-52(54)55-56(61)51-36-30-43(39-53(51)60-55)41-28-34-49(35-29-41)58(46-20-10-3-11-21-46)47-22-12-4-13-23-47/h1-39H. The van der Waals surface area contributed by atoms with Gasteiger partial charge in [-0.05, 0) is 119 Å². The molecule has 5 heteroatoms. The zero-order valence-corrected chi connectivity index (χ0v) is 34.1. The first-order chi connectivity index (χ1) is 30.1. The number of nitrogens with zero attached hydrogens (tertiary/aromatic N) is 2. The van der Waals surface area contributed by atoms with Crippen LogP contribution in [0, 0.1) is 0 Å². The summed E-state index contributed by atoms with van der Waals surface area (Å²) in [5.41, 5.74) is 12.3. The second kappa shape index (κ2) is 15.2. The van der Waals surface area contributed by atoms with Crippen molar-refractivity contribution in [2.24, 2.45) is 0 Å². The highest BCUT2D eigenvalue weighted by Gasteiger charge is 2.44. The van der Waals surface area contributed by atoms with Gasteiger partial charge in [-0.2, -0.15) is 0 Å². The molecule has 10 aromatic rings. The van der Waals surface area contributed by atoms with E-state index in [0.29, 0.717) is 5.76 Å². The fraction of sp³-hybridized carbons (Fsp3) is 0. The van der Waals surface area contributed by atoms with Crippen LogP contribution in [0.2, 0.25) is 0 Å². The minimum absolute atomic E-state index is 0.684. The van der Waals surface area contributed by atoms with Crippen molar-refractivity contribution in [1.82, 2.24) is 0 Å². The fourth-order valence-electron chi connectivity index (χ4n) is 8.76. The highest BCUT2D eigenvalue weighted by atomic mass is 31.2. The molecule has 0 saturated carbocycles.